The summed E-state index contributed by atoms with van der Waals surface area (Å²) in [5.41, 5.74) is 7.17. The number of nitrogens with one attached hydrogen (secondary N) is 1. The Bertz CT molecular complexity index is 1810. The summed E-state index contributed by atoms with van der Waals surface area (Å²) in [6.07, 6.45) is 1.71. The molecule has 0 bridgehead atoms. The summed E-state index contributed by atoms with van der Waals surface area (Å²) in [7, 11) is 0. The molecule has 1 aliphatic carbocycles. The number of carbonyl (C=O) groups excluding carboxylic acids is 1. The molecule has 182 valence electrons. The van der Waals surface area contributed by atoms with Crippen molar-refractivity contribution >= 4 is 34.2 Å². The number of aromatic nitrogens is 1. The summed E-state index contributed by atoms with van der Waals surface area (Å²) in [6, 6.07) is 23.5. The van der Waals surface area contributed by atoms with Crippen LogP contribution in [0.1, 0.15) is 41.6 Å². The number of nitrogens with zero attached hydrogens (tertiary/aromatic N) is 2. The van der Waals surface area contributed by atoms with Crippen LogP contribution >= 0.6 is 11.3 Å². The second-order valence-electron chi connectivity index (χ2n) is 9.31. The maximum atomic E-state index is 14.1. The van der Waals surface area contributed by atoms with Gasteiger partial charge in [0.15, 0.2) is 4.80 Å². The molecule has 3 heterocycles. The highest BCUT2D eigenvalue weighted by atomic mass is 32.1. The molecule has 3 aromatic carbocycles. The van der Waals surface area contributed by atoms with Gasteiger partial charge in [-0.1, -0.05) is 65.9 Å². The minimum absolute atomic E-state index is 0.185. The highest BCUT2D eigenvalue weighted by Gasteiger charge is 2.34. The van der Waals surface area contributed by atoms with Gasteiger partial charge in [0, 0.05) is 16.8 Å². The molecule has 3 aliphatic rings. The summed E-state index contributed by atoms with van der Waals surface area (Å²) in [6.45, 7) is 2.55. The molecule has 1 aromatic heterocycles. The van der Waals surface area contributed by atoms with Crippen molar-refractivity contribution in [3.8, 4) is 5.75 Å². The molecule has 0 fully saturated rings. The number of benzene rings is 3. The SMILES string of the molecule is CCOc1ccc([C@H]2C3=C(N=c4s/c(=C5\C(=O)Nc6ccccc65)c(=O)n42)c2ccccc2CC3)cc1. The van der Waals surface area contributed by atoms with Crippen LogP contribution in [0.4, 0.5) is 5.69 Å². The molecule has 4 aromatic rings. The van der Waals surface area contributed by atoms with Crippen LogP contribution < -0.4 is 24.9 Å². The fourth-order valence-electron chi connectivity index (χ4n) is 5.63. The predicted octanol–water partition coefficient (Wildman–Crippen LogP) is 4.04. The first-order valence-corrected chi connectivity index (χ1v) is 13.2. The Hall–Kier alpha value is -4.23. The van der Waals surface area contributed by atoms with Gasteiger partial charge in [-0.15, -0.1) is 0 Å². The lowest BCUT2D eigenvalue weighted by atomic mass is 9.83. The maximum Gasteiger partial charge on any atom is 0.271 e. The number of para-hydroxylation sites is 1. The van der Waals surface area contributed by atoms with Gasteiger partial charge in [-0.2, -0.15) is 0 Å². The Labute approximate surface area is 216 Å². The minimum Gasteiger partial charge on any atom is -0.494 e. The predicted molar refractivity (Wildman–Crippen MR) is 144 cm³/mol. The van der Waals surface area contributed by atoms with Crippen molar-refractivity contribution in [3.63, 3.8) is 0 Å². The Morgan fingerprint density at radius 3 is 2.54 bits per heavy atom. The van der Waals surface area contributed by atoms with Gasteiger partial charge in [0.25, 0.3) is 11.5 Å². The molecule has 2 aliphatic heterocycles. The van der Waals surface area contributed by atoms with Crippen LogP contribution in [0.15, 0.2) is 88.2 Å². The molecule has 0 spiro atoms. The molecule has 1 amide bonds. The number of anilines is 1. The lowest BCUT2D eigenvalue weighted by Gasteiger charge is -2.30. The van der Waals surface area contributed by atoms with E-state index < -0.39 is 0 Å². The fraction of sp³-hybridized carbons (Fsp3) is 0.167. The van der Waals surface area contributed by atoms with Crippen LogP contribution in [0.2, 0.25) is 0 Å². The third-order valence-corrected chi connectivity index (χ3v) is 8.31. The van der Waals surface area contributed by atoms with Crippen LogP contribution in [0.5, 0.6) is 5.75 Å². The number of fused-ring (bicyclic) bond motifs is 4. The quantitative estimate of drug-likeness (QED) is 0.457. The van der Waals surface area contributed by atoms with Crippen molar-refractivity contribution in [1.29, 1.82) is 0 Å². The van der Waals surface area contributed by atoms with E-state index in [4.69, 9.17) is 9.73 Å². The first kappa shape index (κ1) is 22.0. The summed E-state index contributed by atoms with van der Waals surface area (Å²) < 4.78 is 7.87. The summed E-state index contributed by atoms with van der Waals surface area (Å²) >= 11 is 1.29. The van der Waals surface area contributed by atoms with Crippen LogP contribution in [0, 0.1) is 0 Å². The lowest BCUT2D eigenvalue weighted by Crippen LogP contribution is -2.39. The average Bonchev–Trinajstić information content (AvgIpc) is 3.43. The van der Waals surface area contributed by atoms with Gasteiger partial charge >= 0.3 is 0 Å². The van der Waals surface area contributed by atoms with E-state index in [2.05, 4.69) is 23.5 Å². The van der Waals surface area contributed by atoms with Crippen molar-refractivity contribution in [2.24, 2.45) is 4.99 Å². The summed E-state index contributed by atoms with van der Waals surface area (Å²) in [4.78, 5) is 32.8. The number of ether oxygens (including phenoxy) is 1. The van der Waals surface area contributed by atoms with Crippen LogP contribution in [0.25, 0.3) is 11.3 Å². The molecule has 0 saturated heterocycles. The zero-order chi connectivity index (χ0) is 25.1. The number of thiazole rings is 1. The Kier molecular flexibility index (Phi) is 5.01. The standard InChI is InChI=1S/C30H23N3O3S/c1-2-36-19-14-11-18(12-15-19)26-22-16-13-17-7-3-4-8-20(17)25(22)32-30-33(26)29(35)27(37-30)24-21-9-5-6-10-23(21)31-28(24)34/h3-12,14-15,26H,2,13,16H2,1H3,(H,31,34)/b27-24-/t26-/m0/s1. The van der Waals surface area contributed by atoms with E-state index in [1.54, 1.807) is 4.57 Å². The normalized spacial score (nSPS) is 18.8. The van der Waals surface area contributed by atoms with Crippen LogP contribution in [0.3, 0.4) is 0 Å². The molecule has 0 unspecified atom stereocenters. The maximum absolute atomic E-state index is 14.1. The van der Waals surface area contributed by atoms with Gasteiger partial charge in [0.1, 0.15) is 10.3 Å². The number of aryl methyl sites for hydroxylation is 1. The zero-order valence-corrected chi connectivity index (χ0v) is 21.0. The largest absolute Gasteiger partial charge is 0.494 e. The molecule has 1 atom stereocenters. The van der Waals surface area contributed by atoms with Crippen LogP contribution in [-0.2, 0) is 11.2 Å². The number of allylic oxidation sites excluding steroid dienone is 1. The third-order valence-electron chi connectivity index (χ3n) is 7.25. The van der Waals surface area contributed by atoms with Crippen molar-refractivity contribution in [3.05, 3.63) is 120 Å². The van der Waals surface area contributed by atoms with Crippen LogP contribution in [-0.4, -0.2) is 17.1 Å². The number of rotatable bonds is 3. The molecule has 7 heteroatoms. The monoisotopic (exact) mass is 505 g/mol. The second kappa shape index (κ2) is 8.42. The summed E-state index contributed by atoms with van der Waals surface area (Å²) in [5, 5.41) is 2.91. The number of carbonyl (C=O) groups is 1. The highest BCUT2D eigenvalue weighted by Crippen LogP contribution is 2.41. The van der Waals surface area contributed by atoms with Gasteiger partial charge in [-0.05, 0) is 54.7 Å². The Balaban J connectivity index is 1.52. The third kappa shape index (κ3) is 3.34. The molecular weight excluding hydrogens is 482 g/mol. The number of amides is 1. The number of hydrogen-bond acceptors (Lipinski definition) is 5. The molecule has 0 radical (unpaired) electrons. The van der Waals surface area contributed by atoms with E-state index in [0.29, 0.717) is 21.5 Å². The Morgan fingerprint density at radius 1 is 0.973 bits per heavy atom. The van der Waals surface area contributed by atoms with E-state index in [9.17, 15) is 9.59 Å². The van der Waals surface area contributed by atoms with Crippen molar-refractivity contribution in [2.75, 3.05) is 11.9 Å². The molecular formula is C30H23N3O3S. The lowest BCUT2D eigenvalue weighted by molar-refractivity contribution is -0.110. The fourth-order valence-corrected chi connectivity index (χ4v) is 6.72. The van der Waals surface area contributed by atoms with Crippen molar-refractivity contribution < 1.29 is 9.53 Å². The van der Waals surface area contributed by atoms with Gasteiger partial charge in [-0.25, -0.2) is 4.99 Å². The molecule has 7 rings (SSSR count). The molecule has 0 saturated carbocycles. The van der Waals surface area contributed by atoms with E-state index in [1.807, 2.05) is 61.5 Å². The molecule has 1 N–H and O–H groups in total. The van der Waals surface area contributed by atoms with Crippen molar-refractivity contribution in [2.45, 2.75) is 25.8 Å². The average molecular weight is 506 g/mol. The first-order chi connectivity index (χ1) is 18.1. The molecule has 6 nitrogen and oxygen atoms in total. The van der Waals surface area contributed by atoms with E-state index >= 15 is 0 Å². The zero-order valence-electron chi connectivity index (χ0n) is 20.2. The Morgan fingerprint density at radius 2 is 1.73 bits per heavy atom. The van der Waals surface area contributed by atoms with Gasteiger partial charge in [0.2, 0.25) is 0 Å². The summed E-state index contributed by atoms with van der Waals surface area (Å²) in [5.74, 6) is 0.543. The minimum atomic E-state index is -0.302. The van der Waals surface area contributed by atoms with Gasteiger partial charge in [-0.3, -0.25) is 14.2 Å². The van der Waals surface area contributed by atoms with Gasteiger partial charge < -0.3 is 10.1 Å². The second-order valence-corrected chi connectivity index (χ2v) is 10.3. The van der Waals surface area contributed by atoms with E-state index in [1.165, 1.54) is 16.9 Å². The van der Waals surface area contributed by atoms with Crippen molar-refractivity contribution in [1.82, 2.24) is 4.57 Å². The first-order valence-electron chi connectivity index (χ1n) is 12.4. The highest BCUT2D eigenvalue weighted by molar-refractivity contribution is 7.07. The molecule has 37 heavy (non-hydrogen) atoms. The van der Waals surface area contributed by atoms with E-state index in [0.717, 1.165) is 52.2 Å². The smallest absolute Gasteiger partial charge is 0.271 e. The van der Waals surface area contributed by atoms with E-state index in [-0.39, 0.29) is 17.5 Å². The van der Waals surface area contributed by atoms with Gasteiger partial charge in [0.05, 0.1) is 23.9 Å². The topological polar surface area (TPSA) is 72.7 Å². The number of hydrogen-bond donors (Lipinski definition) is 1.